The van der Waals surface area contributed by atoms with E-state index < -0.39 is 0 Å². The molecule has 7 nitrogen and oxygen atoms in total. The Hall–Kier alpha value is -2.12. The van der Waals surface area contributed by atoms with E-state index in [9.17, 15) is 9.59 Å². The molecule has 1 aromatic rings. The highest BCUT2D eigenvalue weighted by Gasteiger charge is 2.25. The van der Waals surface area contributed by atoms with E-state index in [-0.39, 0.29) is 17.4 Å². The predicted octanol–water partition coefficient (Wildman–Crippen LogP) is -1.56. The summed E-state index contributed by atoms with van der Waals surface area (Å²) in [6.07, 6.45) is 1.79. The van der Waals surface area contributed by atoms with Gasteiger partial charge in [-0.3, -0.25) is 9.59 Å². The smallest absolute Gasteiger partial charge is 0.275 e. The van der Waals surface area contributed by atoms with Crippen LogP contribution in [-0.2, 0) is 16.0 Å². The summed E-state index contributed by atoms with van der Waals surface area (Å²) in [5, 5.41) is 6.07. The SMILES string of the molecule is COc1ccccc1CCNC(=O)C[NH+]1CCC[NH+](CC(=O)NC(C)(C)C)CC1. The Morgan fingerprint density at radius 1 is 1.00 bits per heavy atom. The van der Waals surface area contributed by atoms with Gasteiger partial charge in [-0.15, -0.1) is 0 Å². The summed E-state index contributed by atoms with van der Waals surface area (Å²) >= 11 is 0. The molecule has 2 unspecified atom stereocenters. The van der Waals surface area contributed by atoms with Gasteiger partial charge in [-0.25, -0.2) is 0 Å². The fourth-order valence-corrected chi connectivity index (χ4v) is 3.77. The van der Waals surface area contributed by atoms with Crippen LogP contribution in [0, 0.1) is 0 Å². The first-order chi connectivity index (χ1) is 13.8. The number of ether oxygens (including phenoxy) is 1. The molecule has 1 saturated heterocycles. The summed E-state index contributed by atoms with van der Waals surface area (Å²) in [6, 6.07) is 7.89. The Balaban J connectivity index is 1.70. The molecular weight excluding hydrogens is 368 g/mol. The number of quaternary nitrogens is 2. The van der Waals surface area contributed by atoms with Gasteiger partial charge in [-0.1, -0.05) is 18.2 Å². The van der Waals surface area contributed by atoms with E-state index in [0.717, 1.165) is 50.3 Å². The van der Waals surface area contributed by atoms with Crippen LogP contribution in [0.1, 0.15) is 32.8 Å². The number of carbonyl (C=O) groups excluding carboxylic acids is 2. The van der Waals surface area contributed by atoms with E-state index in [1.165, 1.54) is 9.80 Å². The highest BCUT2D eigenvalue weighted by atomic mass is 16.5. The summed E-state index contributed by atoms with van der Waals surface area (Å²) < 4.78 is 5.35. The topological polar surface area (TPSA) is 76.3 Å². The van der Waals surface area contributed by atoms with Gasteiger partial charge in [0.15, 0.2) is 13.1 Å². The van der Waals surface area contributed by atoms with Crippen molar-refractivity contribution in [1.29, 1.82) is 0 Å². The molecule has 1 aliphatic heterocycles. The van der Waals surface area contributed by atoms with Crippen molar-refractivity contribution in [3.63, 3.8) is 0 Å². The molecule has 7 heteroatoms. The van der Waals surface area contributed by atoms with Crippen LogP contribution in [0.3, 0.4) is 0 Å². The quantitative estimate of drug-likeness (QED) is 0.422. The van der Waals surface area contributed by atoms with E-state index in [1.807, 2.05) is 45.0 Å². The maximum atomic E-state index is 12.4. The molecule has 0 spiro atoms. The van der Waals surface area contributed by atoms with Crippen molar-refractivity contribution in [1.82, 2.24) is 10.6 Å². The number of hydrogen-bond donors (Lipinski definition) is 4. The molecule has 0 bridgehead atoms. The largest absolute Gasteiger partial charge is 0.496 e. The summed E-state index contributed by atoms with van der Waals surface area (Å²) in [6.45, 7) is 11.4. The number of rotatable bonds is 8. The lowest BCUT2D eigenvalue weighted by Gasteiger charge is -2.22. The zero-order valence-electron chi connectivity index (χ0n) is 18.4. The molecule has 1 fully saturated rings. The first kappa shape index (κ1) is 23.2. The average molecular weight is 407 g/mol. The molecule has 4 N–H and O–H groups in total. The van der Waals surface area contributed by atoms with Gasteiger partial charge in [0.25, 0.3) is 11.8 Å². The van der Waals surface area contributed by atoms with Crippen LogP contribution in [0.2, 0.25) is 0 Å². The molecule has 0 radical (unpaired) electrons. The molecular formula is C22H38N4O3+2. The van der Waals surface area contributed by atoms with Crippen LogP contribution in [0.4, 0.5) is 0 Å². The second-order valence-corrected chi connectivity index (χ2v) is 8.92. The van der Waals surface area contributed by atoms with Crippen molar-refractivity contribution in [3.05, 3.63) is 29.8 Å². The zero-order valence-corrected chi connectivity index (χ0v) is 18.4. The monoisotopic (exact) mass is 406 g/mol. The Bertz CT molecular complexity index is 672. The molecule has 29 heavy (non-hydrogen) atoms. The van der Waals surface area contributed by atoms with Crippen LogP contribution in [-0.4, -0.2) is 70.3 Å². The standard InChI is InChI=1S/C22H36N4O3/c1-22(2,3)24-21(28)17-26-13-7-12-25(14-15-26)16-20(27)23-11-10-18-8-5-6-9-19(18)29-4/h5-6,8-9H,7,10-17H2,1-4H3,(H,23,27)(H,24,28)/p+2. The molecule has 2 rings (SSSR count). The minimum absolute atomic E-state index is 0.0869. The second-order valence-electron chi connectivity index (χ2n) is 8.92. The minimum atomic E-state index is -0.193. The maximum Gasteiger partial charge on any atom is 0.275 e. The number of methoxy groups -OCH3 is 1. The van der Waals surface area contributed by atoms with Crippen molar-refractivity contribution in [2.45, 2.75) is 39.2 Å². The Morgan fingerprint density at radius 3 is 2.24 bits per heavy atom. The molecule has 0 saturated carbocycles. The molecule has 0 aliphatic carbocycles. The minimum Gasteiger partial charge on any atom is -0.496 e. The third kappa shape index (κ3) is 8.83. The van der Waals surface area contributed by atoms with Crippen LogP contribution >= 0.6 is 0 Å². The highest BCUT2D eigenvalue weighted by Crippen LogP contribution is 2.17. The van der Waals surface area contributed by atoms with Gasteiger partial charge in [0.2, 0.25) is 0 Å². The maximum absolute atomic E-state index is 12.4. The molecule has 1 heterocycles. The van der Waals surface area contributed by atoms with Crippen molar-refractivity contribution >= 4 is 11.8 Å². The van der Waals surface area contributed by atoms with E-state index in [1.54, 1.807) is 7.11 Å². The fourth-order valence-electron chi connectivity index (χ4n) is 3.77. The molecule has 1 aliphatic rings. The lowest BCUT2D eigenvalue weighted by Crippen LogP contribution is -3.18. The van der Waals surface area contributed by atoms with E-state index in [0.29, 0.717) is 19.6 Å². The van der Waals surface area contributed by atoms with Crippen LogP contribution in [0.25, 0.3) is 0 Å². The van der Waals surface area contributed by atoms with Gasteiger partial charge in [0.05, 0.1) is 20.2 Å². The average Bonchev–Trinajstić information content (AvgIpc) is 2.85. The van der Waals surface area contributed by atoms with Crippen LogP contribution in [0.5, 0.6) is 5.75 Å². The number of benzene rings is 1. The third-order valence-corrected chi connectivity index (χ3v) is 5.14. The number of para-hydroxylation sites is 1. The van der Waals surface area contributed by atoms with E-state index >= 15 is 0 Å². The summed E-state index contributed by atoms with van der Waals surface area (Å²) in [7, 11) is 1.66. The van der Waals surface area contributed by atoms with Gasteiger partial charge < -0.3 is 25.2 Å². The zero-order chi connectivity index (χ0) is 21.3. The molecule has 0 aromatic heterocycles. The Kier molecular flexibility index (Phi) is 8.92. The Morgan fingerprint density at radius 2 is 1.62 bits per heavy atom. The first-order valence-electron chi connectivity index (χ1n) is 10.6. The lowest BCUT2D eigenvalue weighted by molar-refractivity contribution is -0.930. The fraction of sp³-hybridized carbons (Fsp3) is 0.636. The molecule has 2 amide bonds. The first-order valence-corrected chi connectivity index (χ1v) is 10.6. The van der Waals surface area contributed by atoms with Gasteiger partial charge >= 0.3 is 0 Å². The van der Waals surface area contributed by atoms with Crippen molar-refractivity contribution in [2.75, 3.05) is 52.9 Å². The molecule has 2 atom stereocenters. The highest BCUT2D eigenvalue weighted by molar-refractivity contribution is 5.77. The summed E-state index contributed by atoms with van der Waals surface area (Å²) in [4.78, 5) is 27.1. The predicted molar refractivity (Wildman–Crippen MR) is 113 cm³/mol. The number of amides is 2. The normalized spacial score (nSPS) is 19.9. The van der Waals surface area contributed by atoms with Gasteiger partial charge in [-0.2, -0.15) is 0 Å². The van der Waals surface area contributed by atoms with Gasteiger partial charge in [0, 0.05) is 18.5 Å². The van der Waals surface area contributed by atoms with Crippen molar-refractivity contribution < 1.29 is 24.1 Å². The number of hydrogen-bond acceptors (Lipinski definition) is 3. The summed E-state index contributed by atoms with van der Waals surface area (Å²) in [5.74, 6) is 1.05. The van der Waals surface area contributed by atoms with Crippen LogP contribution in [0.15, 0.2) is 24.3 Å². The number of carbonyl (C=O) groups is 2. The molecule has 162 valence electrons. The van der Waals surface area contributed by atoms with Crippen LogP contribution < -0.4 is 25.2 Å². The Labute approximate surface area is 174 Å². The number of nitrogens with one attached hydrogen (secondary N) is 4. The summed E-state index contributed by atoms with van der Waals surface area (Å²) in [5.41, 5.74) is 0.909. The van der Waals surface area contributed by atoms with E-state index in [4.69, 9.17) is 4.74 Å². The third-order valence-electron chi connectivity index (χ3n) is 5.14. The lowest BCUT2D eigenvalue weighted by atomic mass is 10.1. The van der Waals surface area contributed by atoms with Crippen molar-refractivity contribution in [3.8, 4) is 5.75 Å². The van der Waals surface area contributed by atoms with Crippen molar-refractivity contribution in [2.24, 2.45) is 0 Å². The van der Waals surface area contributed by atoms with Gasteiger partial charge in [-0.05, 0) is 38.8 Å². The van der Waals surface area contributed by atoms with Gasteiger partial charge in [0.1, 0.15) is 18.8 Å². The molecule has 1 aromatic carbocycles. The van der Waals surface area contributed by atoms with E-state index in [2.05, 4.69) is 10.6 Å². The second kappa shape index (κ2) is 11.2.